The Morgan fingerprint density at radius 3 is 2.57 bits per heavy atom. The number of benzene rings is 2. The highest BCUT2D eigenvalue weighted by molar-refractivity contribution is 6.33. The predicted octanol–water partition coefficient (Wildman–Crippen LogP) is 5.72. The minimum absolute atomic E-state index is 0.0325. The Bertz CT molecular complexity index is 1110. The molecule has 0 fully saturated rings. The summed E-state index contributed by atoms with van der Waals surface area (Å²) in [7, 11) is 1.83. The number of amides is 1. The zero-order valence-corrected chi connectivity index (χ0v) is 18.5. The van der Waals surface area contributed by atoms with Gasteiger partial charge >= 0.3 is 0 Å². The lowest BCUT2D eigenvalue weighted by atomic mass is 9.86. The molecule has 0 spiro atoms. The third-order valence-electron chi connectivity index (χ3n) is 5.70. The molecule has 1 aliphatic rings. The summed E-state index contributed by atoms with van der Waals surface area (Å²) in [5, 5.41) is 5.50. The van der Waals surface area contributed by atoms with Crippen LogP contribution in [-0.4, -0.2) is 33.3 Å². The van der Waals surface area contributed by atoms with Gasteiger partial charge in [-0.2, -0.15) is 5.10 Å². The molecule has 1 aliphatic heterocycles. The van der Waals surface area contributed by atoms with E-state index in [1.165, 1.54) is 0 Å². The molecule has 1 amide bonds. The molecule has 0 bridgehead atoms. The Morgan fingerprint density at radius 1 is 1.13 bits per heavy atom. The Labute approximate surface area is 185 Å². The van der Waals surface area contributed by atoms with Gasteiger partial charge in [-0.25, -0.2) is 9.67 Å². The van der Waals surface area contributed by atoms with Gasteiger partial charge in [0.2, 0.25) is 5.91 Å². The van der Waals surface area contributed by atoms with Crippen molar-refractivity contribution < 1.29 is 4.79 Å². The lowest BCUT2D eigenvalue weighted by molar-refractivity contribution is -0.135. The Kier molecular flexibility index (Phi) is 5.67. The van der Waals surface area contributed by atoms with Crippen LogP contribution in [-0.2, 0) is 4.79 Å². The van der Waals surface area contributed by atoms with Gasteiger partial charge in [0.25, 0.3) is 0 Å². The monoisotopic (exact) mass is 440 g/mol. The number of halogens is 2. The van der Waals surface area contributed by atoms with E-state index >= 15 is 0 Å². The first-order valence-electron chi connectivity index (χ1n) is 9.73. The predicted molar refractivity (Wildman–Crippen MR) is 121 cm³/mol. The molecule has 0 N–H and O–H groups in total. The van der Waals surface area contributed by atoms with Crippen molar-refractivity contribution in [3.8, 4) is 0 Å². The van der Waals surface area contributed by atoms with E-state index in [2.05, 4.69) is 10.1 Å². The molecule has 154 valence electrons. The second-order valence-corrected chi connectivity index (χ2v) is 8.37. The second kappa shape index (κ2) is 8.25. The molecule has 7 heteroatoms. The highest BCUT2D eigenvalue weighted by Gasteiger charge is 2.41. The number of aliphatic imine (C=N–C) groups is 1. The first kappa shape index (κ1) is 20.6. The van der Waals surface area contributed by atoms with Crippen LogP contribution >= 0.6 is 23.2 Å². The van der Waals surface area contributed by atoms with Crippen LogP contribution in [0.1, 0.15) is 37.1 Å². The lowest BCUT2D eigenvalue weighted by Gasteiger charge is -2.36. The Hall–Kier alpha value is -2.63. The number of hydrogen-bond acceptors (Lipinski definition) is 3. The van der Waals surface area contributed by atoms with Crippen molar-refractivity contribution in [2.75, 3.05) is 7.05 Å². The largest absolute Gasteiger partial charge is 0.338 e. The fourth-order valence-electron chi connectivity index (χ4n) is 3.95. The first-order valence-corrected chi connectivity index (χ1v) is 10.5. The van der Waals surface area contributed by atoms with Crippen molar-refractivity contribution in [2.45, 2.75) is 25.9 Å². The highest BCUT2D eigenvalue weighted by Crippen LogP contribution is 2.41. The molecule has 0 radical (unpaired) electrons. The summed E-state index contributed by atoms with van der Waals surface area (Å²) >= 11 is 12.6. The van der Waals surface area contributed by atoms with Gasteiger partial charge in [-0.05, 0) is 37.1 Å². The number of aromatic nitrogens is 2. The normalized spacial score (nSPS) is 19.0. The summed E-state index contributed by atoms with van der Waals surface area (Å²) in [6.45, 7) is 3.89. The quantitative estimate of drug-likeness (QED) is 0.520. The molecule has 2 heterocycles. The molecule has 0 saturated heterocycles. The van der Waals surface area contributed by atoms with Gasteiger partial charge in [0.05, 0.1) is 18.3 Å². The second-order valence-electron chi connectivity index (χ2n) is 7.53. The maximum atomic E-state index is 13.7. The summed E-state index contributed by atoms with van der Waals surface area (Å²) in [6.07, 6.45) is 1.56. The van der Waals surface area contributed by atoms with Gasteiger partial charge in [0.15, 0.2) is 5.82 Å². The fraction of sp³-hybridized carbons (Fsp3) is 0.261. The molecular formula is C23H22Cl2N4O. The number of rotatable bonds is 4. The summed E-state index contributed by atoms with van der Waals surface area (Å²) in [6, 6.07) is 17.0. The number of hydrogen-bond donors (Lipinski definition) is 0. The molecule has 0 aliphatic carbocycles. The van der Waals surface area contributed by atoms with Crippen LogP contribution in [0.4, 0.5) is 5.82 Å². The maximum absolute atomic E-state index is 13.7. The van der Waals surface area contributed by atoms with E-state index in [4.69, 9.17) is 23.2 Å². The van der Waals surface area contributed by atoms with Crippen LogP contribution in [0.15, 0.2) is 65.8 Å². The Balaban J connectivity index is 1.77. The summed E-state index contributed by atoms with van der Waals surface area (Å²) in [5.74, 6) is -0.0000929. The van der Waals surface area contributed by atoms with Crippen LogP contribution in [0.5, 0.6) is 0 Å². The lowest BCUT2D eigenvalue weighted by Crippen LogP contribution is -2.44. The maximum Gasteiger partial charge on any atom is 0.234 e. The van der Waals surface area contributed by atoms with Crippen LogP contribution in [0.25, 0.3) is 0 Å². The molecule has 0 saturated carbocycles. The summed E-state index contributed by atoms with van der Waals surface area (Å²) < 4.78 is 1.73. The van der Waals surface area contributed by atoms with Crippen molar-refractivity contribution in [3.05, 3.63) is 82.0 Å². The number of fused-ring (bicyclic) bond motifs is 1. The van der Waals surface area contributed by atoms with Gasteiger partial charge in [-0.3, -0.25) is 4.79 Å². The van der Waals surface area contributed by atoms with Crippen LogP contribution in [0, 0.1) is 5.92 Å². The molecule has 30 heavy (non-hydrogen) atoms. The summed E-state index contributed by atoms with van der Waals surface area (Å²) in [4.78, 5) is 20.1. The van der Waals surface area contributed by atoms with Crippen LogP contribution in [0.2, 0.25) is 10.0 Å². The average molecular weight is 441 g/mol. The molecule has 3 aromatic rings. The van der Waals surface area contributed by atoms with E-state index in [9.17, 15) is 4.79 Å². The van der Waals surface area contributed by atoms with Crippen LogP contribution in [0.3, 0.4) is 0 Å². The highest BCUT2D eigenvalue weighted by atomic mass is 35.5. The molecule has 3 atom stereocenters. The van der Waals surface area contributed by atoms with Gasteiger partial charge in [0, 0.05) is 17.8 Å². The van der Waals surface area contributed by atoms with E-state index in [-0.39, 0.29) is 18.0 Å². The summed E-state index contributed by atoms with van der Waals surface area (Å²) in [5.41, 5.74) is 2.66. The molecule has 5 nitrogen and oxygen atoms in total. The van der Waals surface area contributed by atoms with Crippen molar-refractivity contribution in [3.63, 3.8) is 0 Å². The van der Waals surface area contributed by atoms with Crippen molar-refractivity contribution in [1.82, 2.24) is 14.7 Å². The zero-order valence-electron chi connectivity index (χ0n) is 17.0. The van der Waals surface area contributed by atoms with Gasteiger partial charge in [-0.15, -0.1) is 0 Å². The number of nitrogens with zero attached hydrogens (tertiary/aromatic N) is 4. The van der Waals surface area contributed by atoms with Gasteiger partial charge < -0.3 is 4.90 Å². The topological polar surface area (TPSA) is 50.5 Å². The van der Waals surface area contributed by atoms with Crippen LogP contribution < -0.4 is 0 Å². The Morgan fingerprint density at radius 2 is 1.87 bits per heavy atom. The minimum atomic E-state index is -0.525. The van der Waals surface area contributed by atoms with E-state index in [0.29, 0.717) is 21.6 Å². The molecular weight excluding hydrogens is 419 g/mol. The molecule has 1 aromatic heterocycles. The fourth-order valence-corrected chi connectivity index (χ4v) is 4.32. The molecule has 2 aromatic carbocycles. The van der Waals surface area contributed by atoms with E-state index in [1.54, 1.807) is 15.8 Å². The smallest absolute Gasteiger partial charge is 0.234 e. The van der Waals surface area contributed by atoms with E-state index in [1.807, 2.05) is 75.5 Å². The van der Waals surface area contributed by atoms with E-state index < -0.39 is 5.92 Å². The number of carbonyl (C=O) groups is 1. The standard InChI is InChI=1S/C23H22Cl2N4O/c1-14-20(23(30)28(3)15(2)16-8-5-4-6-9-16)21(17-10-7-11-18(24)12-17)29-22(27-14)19(25)13-26-29/h4-13,15,20-21H,1-3H3/t15-,20?,21?/m0/s1. The van der Waals surface area contributed by atoms with Gasteiger partial charge in [0.1, 0.15) is 10.9 Å². The van der Waals surface area contributed by atoms with Crippen molar-refractivity contribution in [2.24, 2.45) is 10.9 Å². The van der Waals surface area contributed by atoms with Crippen molar-refractivity contribution in [1.29, 1.82) is 0 Å². The van der Waals surface area contributed by atoms with E-state index in [0.717, 1.165) is 11.1 Å². The molecule has 4 rings (SSSR count). The van der Waals surface area contributed by atoms with Gasteiger partial charge in [-0.1, -0.05) is 65.7 Å². The SMILES string of the molecule is CC1=Nc2c(Cl)cnn2C(c2cccc(Cl)c2)C1C(=O)N(C)[C@@H](C)c1ccccc1. The minimum Gasteiger partial charge on any atom is -0.338 e. The average Bonchev–Trinajstić information content (AvgIpc) is 3.12. The zero-order chi connectivity index (χ0) is 21.4. The van der Waals surface area contributed by atoms with Crippen molar-refractivity contribution >= 4 is 40.6 Å². The molecule has 2 unspecified atom stereocenters. The third kappa shape index (κ3) is 3.64. The number of carbonyl (C=O) groups excluding carboxylic acids is 1. The third-order valence-corrected chi connectivity index (χ3v) is 6.21. The first-order chi connectivity index (χ1) is 14.4.